The average Bonchev–Trinajstić information content (AvgIpc) is 3.41. The first-order valence-electron chi connectivity index (χ1n) is 8.47. The first-order valence-corrected chi connectivity index (χ1v) is 9.41. The third kappa shape index (κ3) is 3.44. The highest BCUT2D eigenvalue weighted by Crippen LogP contribution is 2.32. The molecule has 1 atom stereocenters. The molecule has 1 aromatic carbocycles. The first kappa shape index (κ1) is 15.9. The van der Waals surface area contributed by atoms with Crippen LogP contribution in [0.2, 0.25) is 0 Å². The molecule has 25 heavy (non-hydrogen) atoms. The molecule has 0 bridgehead atoms. The summed E-state index contributed by atoms with van der Waals surface area (Å²) in [6.45, 7) is 1.36. The maximum atomic E-state index is 12.6. The Balaban J connectivity index is 1.37. The molecule has 1 saturated heterocycles. The van der Waals surface area contributed by atoms with Gasteiger partial charge in [-0.2, -0.15) is 16.4 Å². The molecule has 2 aromatic heterocycles. The van der Waals surface area contributed by atoms with Crippen LogP contribution in [0.5, 0.6) is 0 Å². The normalized spacial score (nSPS) is 17.0. The van der Waals surface area contributed by atoms with Crippen molar-refractivity contribution in [1.82, 2.24) is 20.0 Å². The van der Waals surface area contributed by atoms with Crippen LogP contribution in [-0.4, -0.2) is 27.3 Å². The Labute approximate surface area is 150 Å². The molecule has 0 spiro atoms. The zero-order valence-corrected chi connectivity index (χ0v) is 14.7. The number of rotatable bonds is 4. The van der Waals surface area contributed by atoms with Gasteiger partial charge in [0, 0.05) is 25.5 Å². The number of aromatic nitrogens is 2. The molecule has 4 rings (SSSR count). The van der Waals surface area contributed by atoms with Gasteiger partial charge in [0.15, 0.2) is 0 Å². The van der Waals surface area contributed by atoms with Crippen LogP contribution in [0.15, 0.2) is 59.6 Å². The summed E-state index contributed by atoms with van der Waals surface area (Å²) in [5.41, 5.74) is 3.34. The van der Waals surface area contributed by atoms with E-state index < -0.39 is 0 Å². The topological polar surface area (TPSA) is 50.2 Å². The van der Waals surface area contributed by atoms with Gasteiger partial charge >= 0.3 is 6.03 Å². The van der Waals surface area contributed by atoms with E-state index in [2.05, 4.69) is 27.2 Å². The summed E-state index contributed by atoms with van der Waals surface area (Å²) < 4.78 is 1.82. The summed E-state index contributed by atoms with van der Waals surface area (Å²) in [6, 6.07) is 12.3. The van der Waals surface area contributed by atoms with Crippen molar-refractivity contribution in [2.45, 2.75) is 25.4 Å². The summed E-state index contributed by atoms with van der Waals surface area (Å²) in [5, 5.41) is 11.5. The lowest BCUT2D eigenvalue weighted by molar-refractivity contribution is 0.192. The monoisotopic (exact) mass is 352 g/mol. The summed E-state index contributed by atoms with van der Waals surface area (Å²) >= 11 is 1.69. The van der Waals surface area contributed by atoms with E-state index >= 15 is 0 Å². The Morgan fingerprint density at radius 2 is 2.16 bits per heavy atom. The van der Waals surface area contributed by atoms with Crippen molar-refractivity contribution in [2.24, 2.45) is 0 Å². The molecule has 3 aromatic rings. The van der Waals surface area contributed by atoms with Crippen LogP contribution < -0.4 is 5.32 Å². The number of nitrogens with zero attached hydrogens (tertiary/aromatic N) is 3. The van der Waals surface area contributed by atoms with Gasteiger partial charge in [-0.05, 0) is 59.0 Å². The molecular formula is C19H20N4OS. The van der Waals surface area contributed by atoms with E-state index in [1.165, 1.54) is 5.56 Å². The quantitative estimate of drug-likeness (QED) is 0.772. The van der Waals surface area contributed by atoms with E-state index in [0.29, 0.717) is 6.54 Å². The molecule has 1 aliphatic rings. The van der Waals surface area contributed by atoms with Crippen molar-refractivity contribution in [3.8, 4) is 5.69 Å². The van der Waals surface area contributed by atoms with Gasteiger partial charge in [-0.1, -0.05) is 12.1 Å². The number of nitrogens with one attached hydrogen (secondary N) is 1. The number of amides is 2. The fourth-order valence-electron chi connectivity index (χ4n) is 3.29. The molecule has 1 aliphatic heterocycles. The van der Waals surface area contributed by atoms with Crippen LogP contribution in [0, 0.1) is 0 Å². The molecular weight excluding hydrogens is 332 g/mol. The smallest absolute Gasteiger partial charge is 0.318 e. The average molecular weight is 352 g/mol. The van der Waals surface area contributed by atoms with Crippen molar-refractivity contribution >= 4 is 17.4 Å². The minimum atomic E-state index is 0.0184. The minimum absolute atomic E-state index is 0.0184. The Kier molecular flexibility index (Phi) is 4.52. The van der Waals surface area contributed by atoms with E-state index in [1.807, 2.05) is 46.1 Å². The van der Waals surface area contributed by atoms with Gasteiger partial charge in [-0.3, -0.25) is 0 Å². The van der Waals surface area contributed by atoms with Crippen LogP contribution in [0.25, 0.3) is 5.69 Å². The van der Waals surface area contributed by atoms with Gasteiger partial charge in [0.25, 0.3) is 0 Å². The molecule has 128 valence electrons. The van der Waals surface area contributed by atoms with Crippen LogP contribution in [0.4, 0.5) is 4.79 Å². The van der Waals surface area contributed by atoms with Crippen molar-refractivity contribution in [2.75, 3.05) is 6.54 Å². The number of hydrogen-bond acceptors (Lipinski definition) is 3. The second-order valence-corrected chi connectivity index (χ2v) is 6.96. The summed E-state index contributed by atoms with van der Waals surface area (Å²) in [6.07, 6.45) is 5.78. The lowest BCUT2D eigenvalue weighted by atomic mass is 10.1. The fourth-order valence-corrected chi connectivity index (χ4v) is 4.00. The largest absolute Gasteiger partial charge is 0.334 e. The third-order valence-corrected chi connectivity index (χ3v) is 5.29. The molecule has 1 fully saturated rings. The Morgan fingerprint density at radius 3 is 2.88 bits per heavy atom. The van der Waals surface area contributed by atoms with Crippen molar-refractivity contribution in [1.29, 1.82) is 0 Å². The van der Waals surface area contributed by atoms with Crippen LogP contribution in [-0.2, 0) is 6.54 Å². The fraction of sp³-hybridized carbons (Fsp3) is 0.263. The number of carbonyl (C=O) groups excluding carboxylic acids is 1. The highest BCUT2D eigenvalue weighted by Gasteiger charge is 2.29. The van der Waals surface area contributed by atoms with E-state index in [4.69, 9.17) is 0 Å². The maximum absolute atomic E-state index is 12.6. The van der Waals surface area contributed by atoms with E-state index in [1.54, 1.807) is 17.5 Å². The highest BCUT2D eigenvalue weighted by atomic mass is 32.1. The van der Waals surface area contributed by atoms with E-state index in [9.17, 15) is 4.79 Å². The van der Waals surface area contributed by atoms with Gasteiger partial charge in [-0.25, -0.2) is 9.48 Å². The van der Waals surface area contributed by atoms with Crippen LogP contribution >= 0.6 is 11.3 Å². The van der Waals surface area contributed by atoms with Crippen LogP contribution in [0.3, 0.4) is 0 Å². The predicted molar refractivity (Wildman–Crippen MR) is 98.8 cm³/mol. The third-order valence-electron chi connectivity index (χ3n) is 4.59. The van der Waals surface area contributed by atoms with Gasteiger partial charge in [0.2, 0.25) is 0 Å². The lowest BCUT2D eigenvalue weighted by Gasteiger charge is -2.24. The molecule has 5 nitrogen and oxygen atoms in total. The summed E-state index contributed by atoms with van der Waals surface area (Å²) in [5.74, 6) is 0. The second-order valence-electron chi connectivity index (χ2n) is 6.18. The Morgan fingerprint density at radius 1 is 1.28 bits per heavy atom. The summed E-state index contributed by atoms with van der Waals surface area (Å²) in [7, 11) is 0. The van der Waals surface area contributed by atoms with Gasteiger partial charge < -0.3 is 10.2 Å². The Hall–Kier alpha value is -2.60. The number of benzene rings is 1. The van der Waals surface area contributed by atoms with Crippen molar-refractivity contribution in [3.05, 3.63) is 70.7 Å². The molecule has 0 radical (unpaired) electrons. The second kappa shape index (κ2) is 7.11. The van der Waals surface area contributed by atoms with E-state index in [0.717, 1.165) is 30.6 Å². The van der Waals surface area contributed by atoms with E-state index in [-0.39, 0.29) is 12.1 Å². The standard InChI is InChI=1S/C19H20N4OS/c24-19(22-10-1-3-18(22)16-8-12-25-14-16)20-13-15-4-6-17(7-5-15)23-11-2-9-21-23/h2,4-9,11-12,14,18H,1,3,10,13H2,(H,20,24)/t18-/m1/s1. The summed E-state index contributed by atoms with van der Waals surface area (Å²) in [4.78, 5) is 14.5. The van der Waals surface area contributed by atoms with Gasteiger partial charge in [-0.15, -0.1) is 0 Å². The molecule has 0 saturated carbocycles. The molecule has 0 unspecified atom stereocenters. The van der Waals surface area contributed by atoms with Crippen LogP contribution in [0.1, 0.15) is 30.0 Å². The first-order chi connectivity index (χ1) is 12.3. The minimum Gasteiger partial charge on any atom is -0.334 e. The number of hydrogen-bond donors (Lipinski definition) is 1. The molecule has 2 amide bonds. The number of thiophene rings is 1. The SMILES string of the molecule is O=C(NCc1ccc(-n2cccn2)cc1)N1CCC[C@@H]1c1ccsc1. The number of carbonyl (C=O) groups is 1. The zero-order valence-electron chi connectivity index (χ0n) is 13.8. The predicted octanol–water partition coefficient (Wildman–Crippen LogP) is 3.98. The molecule has 6 heteroatoms. The maximum Gasteiger partial charge on any atom is 0.318 e. The van der Waals surface area contributed by atoms with Gasteiger partial charge in [0.05, 0.1) is 11.7 Å². The number of likely N-dealkylation sites (tertiary alicyclic amines) is 1. The van der Waals surface area contributed by atoms with Gasteiger partial charge in [0.1, 0.15) is 0 Å². The molecule has 3 heterocycles. The highest BCUT2D eigenvalue weighted by molar-refractivity contribution is 7.07. The molecule has 1 N–H and O–H groups in total. The molecule has 0 aliphatic carbocycles. The van der Waals surface area contributed by atoms with Crippen molar-refractivity contribution in [3.63, 3.8) is 0 Å². The van der Waals surface area contributed by atoms with Crippen molar-refractivity contribution < 1.29 is 4.79 Å². The zero-order chi connectivity index (χ0) is 17.1. The Bertz CT molecular complexity index is 812. The number of urea groups is 1. The lowest BCUT2D eigenvalue weighted by Crippen LogP contribution is -2.39.